The molecule has 2 aromatic heterocycles. The topological polar surface area (TPSA) is 115 Å². The highest BCUT2D eigenvalue weighted by molar-refractivity contribution is 7.13. The van der Waals surface area contributed by atoms with Crippen LogP contribution in [0.25, 0.3) is 10.6 Å². The zero-order valence-corrected chi connectivity index (χ0v) is 10.4. The number of hydrogen-bond acceptors (Lipinski definition) is 5. The SMILES string of the molecule is NC(=O)Cn1nc(-c2cccs2)cc(C(=O)O)c1=O. The molecule has 0 saturated carbocycles. The number of carboxylic acid groups (broad SMARTS) is 1. The first kappa shape index (κ1) is 13.0. The number of nitrogens with two attached hydrogens (primary N) is 1. The van der Waals surface area contributed by atoms with Gasteiger partial charge in [0.25, 0.3) is 5.56 Å². The van der Waals surface area contributed by atoms with Crippen LogP contribution >= 0.6 is 11.3 Å². The van der Waals surface area contributed by atoms with Gasteiger partial charge in [0.15, 0.2) is 0 Å². The second-order valence-corrected chi connectivity index (χ2v) is 4.60. The number of amides is 1. The molecule has 2 heterocycles. The van der Waals surface area contributed by atoms with Crippen molar-refractivity contribution >= 4 is 23.2 Å². The van der Waals surface area contributed by atoms with Crippen LogP contribution < -0.4 is 11.3 Å². The third-order valence-corrected chi connectivity index (χ3v) is 3.18. The number of carbonyl (C=O) groups excluding carboxylic acids is 1. The lowest BCUT2D eigenvalue weighted by molar-refractivity contribution is -0.118. The fraction of sp³-hybridized carbons (Fsp3) is 0.0909. The Morgan fingerprint density at radius 1 is 1.47 bits per heavy atom. The Kier molecular flexibility index (Phi) is 3.43. The molecule has 0 saturated heterocycles. The standard InChI is InChI=1S/C11H9N3O4S/c12-9(15)5-14-10(16)6(11(17)18)4-7(13-14)8-2-1-3-19-8/h1-4H,5H2,(H2,12,15)(H,17,18). The number of primary amides is 1. The van der Waals surface area contributed by atoms with Gasteiger partial charge in [-0.05, 0) is 17.5 Å². The summed E-state index contributed by atoms with van der Waals surface area (Å²) >= 11 is 1.34. The average Bonchev–Trinajstić information content (AvgIpc) is 2.84. The summed E-state index contributed by atoms with van der Waals surface area (Å²) < 4.78 is 0.765. The normalized spacial score (nSPS) is 10.3. The van der Waals surface area contributed by atoms with Gasteiger partial charge in [-0.15, -0.1) is 11.3 Å². The van der Waals surface area contributed by atoms with Gasteiger partial charge in [0.05, 0.1) is 4.88 Å². The quantitative estimate of drug-likeness (QED) is 0.826. The van der Waals surface area contributed by atoms with E-state index in [9.17, 15) is 14.4 Å². The number of aromatic nitrogens is 2. The summed E-state index contributed by atoms with van der Waals surface area (Å²) in [5, 5.41) is 14.7. The number of aromatic carboxylic acids is 1. The average molecular weight is 279 g/mol. The molecule has 0 bridgehead atoms. The highest BCUT2D eigenvalue weighted by Gasteiger charge is 2.16. The molecule has 0 aliphatic carbocycles. The minimum absolute atomic E-state index is 0.313. The van der Waals surface area contributed by atoms with Gasteiger partial charge < -0.3 is 10.8 Å². The van der Waals surface area contributed by atoms with Crippen LogP contribution in [0.3, 0.4) is 0 Å². The number of nitrogens with zero attached hydrogens (tertiary/aromatic N) is 2. The molecule has 0 unspecified atom stereocenters. The predicted octanol–water partition coefficient (Wildman–Crippen LogP) is 0.155. The van der Waals surface area contributed by atoms with Crippen LogP contribution in [0.2, 0.25) is 0 Å². The zero-order chi connectivity index (χ0) is 14.0. The van der Waals surface area contributed by atoms with Crippen molar-refractivity contribution in [1.29, 1.82) is 0 Å². The molecule has 7 nitrogen and oxygen atoms in total. The highest BCUT2D eigenvalue weighted by Crippen LogP contribution is 2.22. The van der Waals surface area contributed by atoms with Crippen molar-refractivity contribution in [3.8, 4) is 10.6 Å². The number of hydrogen-bond donors (Lipinski definition) is 2. The first-order chi connectivity index (χ1) is 8.99. The fourth-order valence-corrected chi connectivity index (χ4v) is 2.18. The first-order valence-electron chi connectivity index (χ1n) is 5.16. The lowest BCUT2D eigenvalue weighted by atomic mass is 10.2. The van der Waals surface area contributed by atoms with E-state index in [0.717, 1.165) is 4.68 Å². The van der Waals surface area contributed by atoms with E-state index in [1.54, 1.807) is 17.5 Å². The zero-order valence-electron chi connectivity index (χ0n) is 9.57. The van der Waals surface area contributed by atoms with E-state index in [1.807, 2.05) is 0 Å². The maximum absolute atomic E-state index is 11.8. The van der Waals surface area contributed by atoms with Crippen molar-refractivity contribution < 1.29 is 14.7 Å². The van der Waals surface area contributed by atoms with Gasteiger partial charge in [-0.1, -0.05) is 6.07 Å². The van der Waals surface area contributed by atoms with E-state index in [1.165, 1.54) is 17.4 Å². The summed E-state index contributed by atoms with van der Waals surface area (Å²) in [5.74, 6) is -2.14. The minimum Gasteiger partial charge on any atom is -0.477 e. The van der Waals surface area contributed by atoms with Crippen LogP contribution in [0.1, 0.15) is 10.4 Å². The van der Waals surface area contributed by atoms with E-state index in [4.69, 9.17) is 10.8 Å². The monoisotopic (exact) mass is 279 g/mol. The van der Waals surface area contributed by atoms with Crippen LogP contribution in [0.15, 0.2) is 28.4 Å². The summed E-state index contributed by atoms with van der Waals surface area (Å²) in [6, 6.07) is 4.69. The lowest BCUT2D eigenvalue weighted by Gasteiger charge is -2.06. The van der Waals surface area contributed by atoms with Gasteiger partial charge in [0.2, 0.25) is 5.91 Å². The molecule has 1 amide bonds. The number of thiophene rings is 1. The Bertz CT molecular complexity index is 690. The smallest absolute Gasteiger partial charge is 0.341 e. The molecular weight excluding hydrogens is 270 g/mol. The summed E-state index contributed by atoms with van der Waals surface area (Å²) in [6.45, 7) is -0.460. The maximum Gasteiger partial charge on any atom is 0.341 e. The van der Waals surface area contributed by atoms with Crippen molar-refractivity contribution in [2.24, 2.45) is 5.73 Å². The number of carboxylic acids is 1. The van der Waals surface area contributed by atoms with E-state index in [2.05, 4.69) is 5.10 Å². The van der Waals surface area contributed by atoms with Gasteiger partial charge in [-0.3, -0.25) is 9.59 Å². The molecular formula is C11H9N3O4S. The number of rotatable bonds is 4. The second kappa shape index (κ2) is 5.02. The molecule has 98 valence electrons. The van der Waals surface area contributed by atoms with Crippen LogP contribution in [-0.2, 0) is 11.3 Å². The molecule has 0 aliphatic heterocycles. The van der Waals surface area contributed by atoms with E-state index in [-0.39, 0.29) is 0 Å². The second-order valence-electron chi connectivity index (χ2n) is 3.65. The van der Waals surface area contributed by atoms with E-state index < -0.39 is 29.5 Å². The van der Waals surface area contributed by atoms with Gasteiger partial charge in [0.1, 0.15) is 17.8 Å². The van der Waals surface area contributed by atoms with Crippen molar-refractivity contribution in [2.45, 2.75) is 6.54 Å². The molecule has 0 aromatic carbocycles. The van der Waals surface area contributed by atoms with Crippen molar-refractivity contribution in [2.75, 3.05) is 0 Å². The third kappa shape index (κ3) is 2.68. The molecule has 2 rings (SSSR count). The predicted molar refractivity (Wildman–Crippen MR) is 68.0 cm³/mol. The Morgan fingerprint density at radius 3 is 2.74 bits per heavy atom. The molecule has 0 atom stereocenters. The Balaban J connectivity index is 2.64. The lowest BCUT2D eigenvalue weighted by Crippen LogP contribution is -2.33. The van der Waals surface area contributed by atoms with Crippen LogP contribution in [0.4, 0.5) is 0 Å². The summed E-state index contributed by atoms with van der Waals surface area (Å²) in [6.07, 6.45) is 0. The maximum atomic E-state index is 11.8. The highest BCUT2D eigenvalue weighted by atomic mass is 32.1. The van der Waals surface area contributed by atoms with Crippen molar-refractivity contribution in [1.82, 2.24) is 9.78 Å². The summed E-state index contributed by atoms with van der Waals surface area (Å²) in [5.41, 5.74) is 4.02. The van der Waals surface area contributed by atoms with E-state index in [0.29, 0.717) is 10.6 Å². The van der Waals surface area contributed by atoms with Gasteiger partial charge in [-0.2, -0.15) is 5.10 Å². The third-order valence-electron chi connectivity index (χ3n) is 2.28. The van der Waals surface area contributed by atoms with Crippen LogP contribution in [-0.4, -0.2) is 26.8 Å². The van der Waals surface area contributed by atoms with E-state index >= 15 is 0 Å². The Morgan fingerprint density at radius 2 is 2.21 bits per heavy atom. The van der Waals surface area contributed by atoms with Crippen LogP contribution in [0, 0.1) is 0 Å². The largest absolute Gasteiger partial charge is 0.477 e. The minimum atomic E-state index is -1.37. The summed E-state index contributed by atoms with van der Waals surface area (Å²) in [4.78, 5) is 34.4. The van der Waals surface area contributed by atoms with Crippen molar-refractivity contribution in [3.63, 3.8) is 0 Å². The molecule has 0 fully saturated rings. The molecule has 0 aliphatic rings. The van der Waals surface area contributed by atoms with Gasteiger partial charge in [0, 0.05) is 0 Å². The molecule has 2 aromatic rings. The van der Waals surface area contributed by atoms with Crippen molar-refractivity contribution in [3.05, 3.63) is 39.5 Å². The number of carbonyl (C=O) groups is 2. The Hall–Kier alpha value is -2.48. The molecule has 8 heteroatoms. The first-order valence-corrected chi connectivity index (χ1v) is 6.04. The fourth-order valence-electron chi connectivity index (χ4n) is 1.49. The molecule has 3 N–H and O–H groups in total. The molecule has 0 radical (unpaired) electrons. The summed E-state index contributed by atoms with van der Waals surface area (Å²) in [7, 11) is 0. The van der Waals surface area contributed by atoms with Gasteiger partial charge >= 0.3 is 5.97 Å². The Labute approximate surface area is 110 Å². The molecule has 0 spiro atoms. The van der Waals surface area contributed by atoms with Gasteiger partial charge in [-0.25, -0.2) is 9.48 Å². The molecule has 19 heavy (non-hydrogen) atoms. The van der Waals surface area contributed by atoms with Crippen LogP contribution in [0.5, 0.6) is 0 Å².